The highest BCUT2D eigenvalue weighted by molar-refractivity contribution is 6.30. The number of hydrogen-bond acceptors (Lipinski definition) is 4. The zero-order valence-electron chi connectivity index (χ0n) is 16.3. The van der Waals surface area contributed by atoms with E-state index in [1.165, 1.54) is 5.56 Å². The Hall–Kier alpha value is -2.86. The highest BCUT2D eigenvalue weighted by atomic mass is 35.5. The van der Waals surface area contributed by atoms with Gasteiger partial charge in [0.05, 0.1) is 5.92 Å². The van der Waals surface area contributed by atoms with Crippen molar-refractivity contribution in [3.8, 4) is 11.4 Å². The van der Waals surface area contributed by atoms with E-state index in [2.05, 4.69) is 22.4 Å². The second-order valence-corrected chi connectivity index (χ2v) is 7.67. The van der Waals surface area contributed by atoms with E-state index in [0.717, 1.165) is 30.5 Å². The minimum Gasteiger partial charge on any atom is -0.339 e. The molecule has 2 amide bonds. The predicted octanol–water partition coefficient (Wildman–Crippen LogP) is 5.36. The number of nitrogens with zero attached hydrogens (tertiary/aromatic N) is 3. The largest absolute Gasteiger partial charge is 0.339 e. The van der Waals surface area contributed by atoms with E-state index in [1.807, 2.05) is 41.3 Å². The number of urea groups is 1. The van der Waals surface area contributed by atoms with Gasteiger partial charge in [-0.15, -0.1) is 0 Å². The van der Waals surface area contributed by atoms with Gasteiger partial charge < -0.3 is 14.7 Å². The molecule has 0 radical (unpaired) electrons. The molecule has 2 heterocycles. The molecule has 4 rings (SSSR count). The number of benzene rings is 2. The van der Waals surface area contributed by atoms with Crippen LogP contribution >= 0.6 is 11.6 Å². The molecule has 0 aliphatic carbocycles. The molecule has 1 saturated heterocycles. The maximum atomic E-state index is 12.7. The van der Waals surface area contributed by atoms with Crippen molar-refractivity contribution in [3.63, 3.8) is 0 Å². The Bertz CT molecular complexity index is 969. The molecule has 150 valence electrons. The SMILES string of the molecule is CCc1ccc(NC(=O)N2CCCC(c3nc(-c4ccc(Cl)cc4)no3)C2)cc1. The molecule has 1 aromatic heterocycles. The van der Waals surface area contributed by atoms with Crippen molar-refractivity contribution >= 4 is 23.3 Å². The summed E-state index contributed by atoms with van der Waals surface area (Å²) in [5.74, 6) is 1.14. The Kier molecular flexibility index (Phi) is 5.81. The molecule has 0 spiro atoms. The molecular formula is C22H23ClN4O2. The fourth-order valence-electron chi connectivity index (χ4n) is 3.51. The van der Waals surface area contributed by atoms with E-state index in [-0.39, 0.29) is 11.9 Å². The van der Waals surface area contributed by atoms with Crippen LogP contribution in [0.25, 0.3) is 11.4 Å². The summed E-state index contributed by atoms with van der Waals surface area (Å²) in [6.07, 6.45) is 2.78. The fourth-order valence-corrected chi connectivity index (χ4v) is 3.63. The third-order valence-electron chi connectivity index (χ3n) is 5.22. The van der Waals surface area contributed by atoms with E-state index in [4.69, 9.17) is 16.1 Å². The van der Waals surface area contributed by atoms with Crippen molar-refractivity contribution in [2.45, 2.75) is 32.1 Å². The summed E-state index contributed by atoms with van der Waals surface area (Å²) < 4.78 is 5.51. The number of carbonyl (C=O) groups excluding carboxylic acids is 1. The number of carbonyl (C=O) groups is 1. The van der Waals surface area contributed by atoms with Crippen LogP contribution in [0.1, 0.15) is 37.1 Å². The summed E-state index contributed by atoms with van der Waals surface area (Å²) in [4.78, 5) is 19.1. The van der Waals surface area contributed by atoms with Gasteiger partial charge in [0.25, 0.3) is 0 Å². The zero-order valence-corrected chi connectivity index (χ0v) is 17.0. The lowest BCUT2D eigenvalue weighted by Crippen LogP contribution is -2.41. The Morgan fingerprint density at radius 1 is 1.21 bits per heavy atom. The van der Waals surface area contributed by atoms with Crippen LogP contribution in [-0.4, -0.2) is 34.2 Å². The number of nitrogens with one attached hydrogen (secondary N) is 1. The van der Waals surface area contributed by atoms with Crippen LogP contribution in [0.2, 0.25) is 5.02 Å². The quantitative estimate of drug-likeness (QED) is 0.628. The number of rotatable bonds is 4. The number of aryl methyl sites for hydroxylation is 1. The first-order valence-electron chi connectivity index (χ1n) is 9.87. The van der Waals surface area contributed by atoms with Crippen LogP contribution in [0.4, 0.5) is 10.5 Å². The molecule has 2 aromatic carbocycles. The molecule has 6 nitrogen and oxygen atoms in total. The van der Waals surface area contributed by atoms with Crippen molar-refractivity contribution in [1.29, 1.82) is 0 Å². The smallest absolute Gasteiger partial charge is 0.321 e. The van der Waals surface area contributed by atoms with Crippen molar-refractivity contribution in [3.05, 3.63) is 65.0 Å². The molecule has 29 heavy (non-hydrogen) atoms. The van der Waals surface area contributed by atoms with Crippen molar-refractivity contribution in [2.75, 3.05) is 18.4 Å². The Balaban J connectivity index is 1.41. The Labute approximate surface area is 174 Å². The fraction of sp³-hybridized carbons (Fsp3) is 0.318. The standard InChI is InChI=1S/C22H23ClN4O2/c1-2-15-5-11-19(12-6-15)24-22(28)27-13-3-4-17(14-27)21-25-20(26-29-21)16-7-9-18(23)10-8-16/h5-12,17H,2-4,13-14H2,1H3,(H,24,28). The normalized spacial score (nSPS) is 16.6. The number of aromatic nitrogens is 2. The van der Waals surface area contributed by atoms with Gasteiger partial charge in [0.15, 0.2) is 0 Å². The number of anilines is 1. The molecule has 3 aromatic rings. The molecule has 1 aliphatic heterocycles. The number of amides is 2. The molecule has 0 bridgehead atoms. The number of piperidine rings is 1. The second kappa shape index (κ2) is 8.66. The third kappa shape index (κ3) is 4.59. The van der Waals surface area contributed by atoms with Crippen molar-refractivity contribution in [1.82, 2.24) is 15.0 Å². The lowest BCUT2D eigenvalue weighted by Gasteiger charge is -2.31. The average Bonchev–Trinajstić information content (AvgIpc) is 3.25. The molecule has 1 unspecified atom stereocenters. The molecule has 0 saturated carbocycles. The van der Waals surface area contributed by atoms with E-state index >= 15 is 0 Å². The molecule has 1 atom stereocenters. The van der Waals surface area contributed by atoms with E-state index in [1.54, 1.807) is 12.1 Å². The number of hydrogen-bond donors (Lipinski definition) is 1. The summed E-state index contributed by atoms with van der Waals surface area (Å²) in [5, 5.41) is 7.74. The van der Waals surface area contributed by atoms with Gasteiger partial charge in [-0.05, 0) is 61.2 Å². The van der Waals surface area contributed by atoms with Gasteiger partial charge in [0.2, 0.25) is 11.7 Å². The number of likely N-dealkylation sites (tertiary alicyclic amines) is 1. The van der Waals surface area contributed by atoms with E-state index in [0.29, 0.717) is 29.8 Å². The minimum absolute atomic E-state index is 0.0329. The molecule has 1 fully saturated rings. The first-order chi connectivity index (χ1) is 14.1. The first-order valence-corrected chi connectivity index (χ1v) is 10.2. The van der Waals surface area contributed by atoms with Crippen molar-refractivity contribution in [2.24, 2.45) is 0 Å². The Morgan fingerprint density at radius 3 is 2.69 bits per heavy atom. The Morgan fingerprint density at radius 2 is 1.97 bits per heavy atom. The number of halogens is 1. The van der Waals surface area contributed by atoms with Crippen LogP contribution in [0.15, 0.2) is 53.1 Å². The highest BCUT2D eigenvalue weighted by Gasteiger charge is 2.28. The molecular weight excluding hydrogens is 388 g/mol. The van der Waals surface area contributed by atoms with Gasteiger partial charge in [0, 0.05) is 29.4 Å². The average molecular weight is 411 g/mol. The predicted molar refractivity (Wildman–Crippen MR) is 113 cm³/mol. The van der Waals surface area contributed by atoms with Crippen LogP contribution in [0.3, 0.4) is 0 Å². The zero-order chi connectivity index (χ0) is 20.2. The first kappa shape index (κ1) is 19.5. The molecule has 1 aliphatic rings. The van der Waals surface area contributed by atoms with Crippen LogP contribution in [-0.2, 0) is 6.42 Å². The van der Waals surface area contributed by atoms with E-state index in [9.17, 15) is 4.79 Å². The third-order valence-corrected chi connectivity index (χ3v) is 5.47. The summed E-state index contributed by atoms with van der Waals surface area (Å²) >= 11 is 5.94. The maximum Gasteiger partial charge on any atom is 0.321 e. The lowest BCUT2D eigenvalue weighted by molar-refractivity contribution is 0.184. The lowest BCUT2D eigenvalue weighted by atomic mass is 9.98. The summed E-state index contributed by atoms with van der Waals surface area (Å²) in [7, 11) is 0. The highest BCUT2D eigenvalue weighted by Crippen LogP contribution is 2.28. The summed E-state index contributed by atoms with van der Waals surface area (Å²) in [6.45, 7) is 3.38. The van der Waals surface area contributed by atoms with E-state index < -0.39 is 0 Å². The van der Waals surface area contributed by atoms with Gasteiger partial charge in [-0.3, -0.25) is 0 Å². The van der Waals surface area contributed by atoms with Crippen LogP contribution in [0, 0.1) is 0 Å². The summed E-state index contributed by atoms with van der Waals surface area (Å²) in [6, 6.07) is 15.2. The van der Waals surface area contributed by atoms with Crippen LogP contribution < -0.4 is 5.32 Å². The van der Waals surface area contributed by atoms with Gasteiger partial charge in [-0.2, -0.15) is 4.98 Å². The van der Waals surface area contributed by atoms with Crippen molar-refractivity contribution < 1.29 is 9.32 Å². The van der Waals surface area contributed by atoms with Gasteiger partial charge in [-0.25, -0.2) is 4.79 Å². The van der Waals surface area contributed by atoms with Gasteiger partial charge in [-0.1, -0.05) is 35.8 Å². The summed E-state index contributed by atoms with van der Waals surface area (Å²) in [5.41, 5.74) is 2.90. The monoisotopic (exact) mass is 410 g/mol. The van der Waals surface area contributed by atoms with Crippen LogP contribution in [0.5, 0.6) is 0 Å². The van der Waals surface area contributed by atoms with Gasteiger partial charge in [0.1, 0.15) is 0 Å². The second-order valence-electron chi connectivity index (χ2n) is 7.23. The minimum atomic E-state index is -0.101. The molecule has 1 N–H and O–H groups in total. The topological polar surface area (TPSA) is 71.3 Å². The molecule has 7 heteroatoms. The maximum absolute atomic E-state index is 12.7. The van der Waals surface area contributed by atoms with Gasteiger partial charge >= 0.3 is 6.03 Å².